The first-order chi connectivity index (χ1) is 35.5. The number of aryl methyl sites for hydroxylation is 2. The summed E-state index contributed by atoms with van der Waals surface area (Å²) in [5.41, 5.74) is 14.8. The molecule has 0 bridgehead atoms. The molecule has 0 saturated carbocycles. The van der Waals surface area contributed by atoms with E-state index in [-0.39, 0.29) is 0 Å². The number of fused-ring (bicyclic) bond motifs is 1. The number of benzene rings is 6. The minimum absolute atomic E-state index is 0.549. The predicted molar refractivity (Wildman–Crippen MR) is 291 cm³/mol. The van der Waals surface area contributed by atoms with Gasteiger partial charge in [0.1, 0.15) is 0 Å². The van der Waals surface area contributed by atoms with Gasteiger partial charge in [0, 0.05) is 22.5 Å². The molecule has 72 heavy (non-hydrogen) atoms. The van der Waals surface area contributed by atoms with Crippen molar-refractivity contribution < 1.29 is 0 Å². The Labute approximate surface area is 426 Å². The number of nitriles is 4. The third-order valence-electron chi connectivity index (χ3n) is 13.4. The Morgan fingerprint density at radius 3 is 0.931 bits per heavy atom. The lowest BCUT2D eigenvalue weighted by atomic mass is 10.0. The minimum atomic E-state index is 0.549. The van der Waals surface area contributed by atoms with Gasteiger partial charge < -0.3 is 9.13 Å². The highest BCUT2D eigenvalue weighted by molar-refractivity contribution is 6.04. The van der Waals surface area contributed by atoms with Crippen LogP contribution in [0.3, 0.4) is 0 Å². The summed E-state index contributed by atoms with van der Waals surface area (Å²) < 4.78 is 4.57. The van der Waals surface area contributed by atoms with Gasteiger partial charge in [-0.1, -0.05) is 150 Å². The zero-order valence-electron chi connectivity index (χ0n) is 41.4. The second-order valence-corrected chi connectivity index (χ2v) is 18.4. The summed E-state index contributed by atoms with van der Waals surface area (Å²) in [5, 5.41) is 39.2. The van der Waals surface area contributed by atoms with Crippen LogP contribution >= 0.6 is 0 Å². The standard InChI is InChI=1S/C66H58N6/c1-3-5-7-9-11-13-15-49-29-39-59(40-30-49)71-63(57-35-25-55(47-69)26-36-57)61(43-33-51-17-21-53(45-67)22-18-51)66-65(71)62(44-34-52-19-23-54(46-68)24-20-52)64(58-37-27-56(48-70)28-38-58)72(66)60-41-31-50(32-42-60)16-14-12-10-8-6-4-2/h17-32,35-42H,3-16H2,1-2H3. The number of unbranched alkanes of at least 4 members (excludes halogenated alkanes) is 10. The highest BCUT2D eigenvalue weighted by Gasteiger charge is 2.30. The van der Waals surface area contributed by atoms with E-state index in [1.807, 2.05) is 72.8 Å². The van der Waals surface area contributed by atoms with Crippen molar-refractivity contribution in [1.29, 1.82) is 21.0 Å². The quantitative estimate of drug-likeness (QED) is 0.0631. The van der Waals surface area contributed by atoms with E-state index in [4.69, 9.17) is 0 Å². The number of hydrogen-bond acceptors (Lipinski definition) is 4. The molecule has 0 aliphatic rings. The molecule has 0 fully saturated rings. The molecule has 6 heteroatoms. The molecule has 8 rings (SSSR count). The first-order valence-corrected chi connectivity index (χ1v) is 25.5. The van der Waals surface area contributed by atoms with E-state index in [9.17, 15) is 21.0 Å². The van der Waals surface area contributed by atoms with E-state index < -0.39 is 0 Å². The second-order valence-electron chi connectivity index (χ2n) is 18.4. The summed E-state index contributed by atoms with van der Waals surface area (Å²) >= 11 is 0. The van der Waals surface area contributed by atoms with Gasteiger partial charge in [-0.3, -0.25) is 0 Å². The van der Waals surface area contributed by atoms with Crippen LogP contribution in [0.15, 0.2) is 146 Å². The number of nitrogens with zero attached hydrogens (tertiary/aromatic N) is 6. The fourth-order valence-corrected chi connectivity index (χ4v) is 9.42. The minimum Gasteiger partial charge on any atom is -0.305 e. The van der Waals surface area contributed by atoms with Crippen LogP contribution in [-0.2, 0) is 12.8 Å². The smallest absolute Gasteiger partial charge is 0.0991 e. The molecule has 352 valence electrons. The van der Waals surface area contributed by atoms with Gasteiger partial charge >= 0.3 is 0 Å². The molecule has 0 amide bonds. The highest BCUT2D eigenvalue weighted by atomic mass is 15.1. The molecule has 6 aromatic carbocycles. The summed E-state index contributed by atoms with van der Waals surface area (Å²) in [6.45, 7) is 4.50. The summed E-state index contributed by atoms with van der Waals surface area (Å²) in [5.74, 6) is 14.4. The maximum absolute atomic E-state index is 9.97. The number of aromatic nitrogens is 2. The van der Waals surface area contributed by atoms with Gasteiger partial charge in [-0.05, 0) is 145 Å². The number of hydrogen-bond donors (Lipinski definition) is 0. The van der Waals surface area contributed by atoms with Crippen LogP contribution in [0.1, 0.15) is 147 Å². The van der Waals surface area contributed by atoms with Crippen molar-refractivity contribution in [3.63, 3.8) is 0 Å². The van der Waals surface area contributed by atoms with Crippen molar-refractivity contribution in [2.24, 2.45) is 0 Å². The molecule has 0 N–H and O–H groups in total. The molecule has 0 atom stereocenters. The Bertz CT molecular complexity index is 3190. The van der Waals surface area contributed by atoms with Crippen molar-refractivity contribution >= 4 is 11.0 Å². The predicted octanol–water partition coefficient (Wildman–Crippen LogP) is 15.8. The van der Waals surface area contributed by atoms with E-state index in [1.54, 1.807) is 24.3 Å². The lowest BCUT2D eigenvalue weighted by molar-refractivity contribution is 0.607. The molecular weight excluding hydrogens is 877 g/mol. The van der Waals surface area contributed by atoms with Crippen molar-refractivity contribution in [1.82, 2.24) is 9.13 Å². The first-order valence-electron chi connectivity index (χ1n) is 25.5. The Balaban J connectivity index is 1.45. The first kappa shape index (κ1) is 49.6. The van der Waals surface area contributed by atoms with Crippen LogP contribution in [0.5, 0.6) is 0 Å². The van der Waals surface area contributed by atoms with Crippen LogP contribution < -0.4 is 0 Å². The maximum atomic E-state index is 9.97. The van der Waals surface area contributed by atoms with Gasteiger partial charge in [0.05, 0.1) is 80.1 Å². The molecule has 2 heterocycles. The third-order valence-corrected chi connectivity index (χ3v) is 13.4. The van der Waals surface area contributed by atoms with Crippen LogP contribution in [-0.4, -0.2) is 9.13 Å². The summed E-state index contributed by atoms with van der Waals surface area (Å²) in [6, 6.07) is 56.8. The average Bonchev–Trinajstić information content (AvgIpc) is 3.94. The summed E-state index contributed by atoms with van der Waals surface area (Å²) in [4.78, 5) is 0. The zero-order valence-corrected chi connectivity index (χ0v) is 41.4. The monoisotopic (exact) mass is 934 g/mol. The molecule has 0 saturated heterocycles. The van der Waals surface area contributed by atoms with Gasteiger partial charge in [-0.2, -0.15) is 21.0 Å². The largest absolute Gasteiger partial charge is 0.305 e. The number of rotatable bonds is 18. The normalized spacial score (nSPS) is 10.6. The van der Waals surface area contributed by atoms with E-state index in [0.29, 0.717) is 22.3 Å². The SMILES string of the molecule is CCCCCCCCc1ccc(-n2c(-c3ccc(C#N)cc3)c(C#Cc3ccc(C#N)cc3)c3c2c(C#Cc2ccc(C#N)cc2)c(-c2ccc(C#N)cc2)n3-c2ccc(CCCCCCCC)cc2)cc1. The van der Waals surface area contributed by atoms with E-state index in [0.717, 1.165) is 92.9 Å². The van der Waals surface area contributed by atoms with E-state index in [1.165, 1.54) is 75.3 Å². The maximum Gasteiger partial charge on any atom is 0.0991 e. The summed E-state index contributed by atoms with van der Waals surface area (Å²) in [7, 11) is 0. The molecule has 2 aromatic heterocycles. The third kappa shape index (κ3) is 11.8. The average molecular weight is 935 g/mol. The van der Waals surface area contributed by atoms with Gasteiger partial charge in [0.15, 0.2) is 0 Å². The van der Waals surface area contributed by atoms with Gasteiger partial charge in [0.2, 0.25) is 0 Å². The molecule has 0 radical (unpaired) electrons. The van der Waals surface area contributed by atoms with Gasteiger partial charge in [-0.15, -0.1) is 0 Å². The second kappa shape index (κ2) is 24.7. The van der Waals surface area contributed by atoms with Crippen LogP contribution in [0.4, 0.5) is 0 Å². The van der Waals surface area contributed by atoms with Crippen LogP contribution in [0.25, 0.3) is 44.9 Å². The molecular formula is C66H58N6. The van der Waals surface area contributed by atoms with Crippen LogP contribution in [0, 0.1) is 69.0 Å². The van der Waals surface area contributed by atoms with Crippen molar-refractivity contribution in [2.45, 2.75) is 104 Å². The van der Waals surface area contributed by atoms with Crippen molar-refractivity contribution in [2.75, 3.05) is 0 Å². The lowest BCUT2D eigenvalue weighted by Crippen LogP contribution is -2.02. The van der Waals surface area contributed by atoms with Gasteiger partial charge in [0.25, 0.3) is 0 Å². The van der Waals surface area contributed by atoms with E-state index in [2.05, 4.69) is 119 Å². The summed E-state index contributed by atoms with van der Waals surface area (Å²) in [6.07, 6.45) is 16.7. The van der Waals surface area contributed by atoms with Crippen molar-refractivity contribution in [3.05, 3.63) is 201 Å². The Morgan fingerprint density at radius 2 is 0.611 bits per heavy atom. The topological polar surface area (TPSA) is 105 Å². The van der Waals surface area contributed by atoms with E-state index >= 15 is 0 Å². The Morgan fingerprint density at radius 1 is 0.319 bits per heavy atom. The molecule has 0 aliphatic heterocycles. The fraction of sp³-hybridized carbons (Fsp3) is 0.242. The van der Waals surface area contributed by atoms with Crippen LogP contribution in [0.2, 0.25) is 0 Å². The Kier molecular flexibility index (Phi) is 17.0. The molecule has 0 spiro atoms. The molecule has 8 aromatic rings. The fourth-order valence-electron chi connectivity index (χ4n) is 9.42. The highest BCUT2D eigenvalue weighted by Crippen LogP contribution is 2.45. The lowest BCUT2D eigenvalue weighted by Gasteiger charge is -2.16. The van der Waals surface area contributed by atoms with Gasteiger partial charge in [-0.25, -0.2) is 0 Å². The Hall–Kier alpha value is -8.78. The molecule has 0 unspecified atom stereocenters. The molecule has 0 aliphatic carbocycles. The van der Waals surface area contributed by atoms with Crippen molar-refractivity contribution in [3.8, 4) is 81.8 Å². The zero-order chi connectivity index (χ0) is 50.1. The molecule has 6 nitrogen and oxygen atoms in total.